The first kappa shape index (κ1) is 82.6. The van der Waals surface area contributed by atoms with Crippen molar-refractivity contribution in [1.82, 2.24) is 0 Å². The van der Waals surface area contributed by atoms with Crippen molar-refractivity contribution in [2.45, 2.75) is 124 Å². The van der Waals surface area contributed by atoms with Crippen LogP contribution in [0, 0.1) is 26.7 Å². The van der Waals surface area contributed by atoms with Crippen LogP contribution in [0.3, 0.4) is 0 Å². The van der Waals surface area contributed by atoms with Crippen LogP contribution in [0.5, 0.6) is 5.75 Å². The Morgan fingerprint density at radius 2 is 0.664 bits per heavy atom. The minimum atomic E-state index is -3.95. The Balaban J connectivity index is 0.000000137. The Hall–Kier alpha value is -8.40. The summed E-state index contributed by atoms with van der Waals surface area (Å²) in [6.07, 6.45) is 1.83. The molecule has 10 aromatic rings. The highest BCUT2D eigenvalue weighted by Crippen LogP contribution is 2.44. The van der Waals surface area contributed by atoms with Crippen molar-refractivity contribution in [1.29, 1.82) is 0 Å². The zero-order valence-electron chi connectivity index (χ0n) is 60.8. The zero-order chi connectivity index (χ0) is 79.2. The second kappa shape index (κ2) is 34.7. The lowest BCUT2D eigenvalue weighted by atomic mass is 9.91. The number of fused-ring (bicyclic) bond motifs is 9. The van der Waals surface area contributed by atoms with E-state index in [9.17, 15) is 42.1 Å². The van der Waals surface area contributed by atoms with Gasteiger partial charge in [0, 0.05) is 63.4 Å². The van der Waals surface area contributed by atoms with Crippen LogP contribution in [-0.4, -0.2) is 110 Å². The predicted molar refractivity (Wildman–Crippen MR) is 441 cm³/mol. The Morgan fingerprint density at radius 1 is 0.345 bits per heavy atom. The van der Waals surface area contributed by atoms with Crippen molar-refractivity contribution in [3.8, 4) is 5.75 Å². The van der Waals surface area contributed by atoms with Gasteiger partial charge in [-0.25, -0.2) is 0 Å². The summed E-state index contributed by atoms with van der Waals surface area (Å²) in [6.45, 7) is 17.4. The highest BCUT2D eigenvalue weighted by Gasteiger charge is 2.35. The molecule has 6 atom stereocenters. The second-order valence-corrected chi connectivity index (χ2v) is 39.8. The summed E-state index contributed by atoms with van der Waals surface area (Å²) in [6, 6.07) is 62.0. The fourth-order valence-electron chi connectivity index (χ4n) is 11.6. The highest BCUT2D eigenvalue weighted by atomic mass is 35.5. The average molecular weight is 1700 g/mol. The third kappa shape index (κ3) is 20.3. The molecule has 110 heavy (non-hydrogen) atoms. The molecule has 5 heterocycles. The van der Waals surface area contributed by atoms with Crippen molar-refractivity contribution >= 4 is 171 Å². The molecule has 6 unspecified atom stereocenters. The van der Waals surface area contributed by atoms with Gasteiger partial charge in [0.05, 0.1) is 39.2 Å². The lowest BCUT2D eigenvalue weighted by molar-refractivity contribution is 0.179. The topological polar surface area (TPSA) is 288 Å². The summed E-state index contributed by atoms with van der Waals surface area (Å²) in [7, 11) is -19.0. The number of aryl methyl sites for hydroxylation is 3. The van der Waals surface area contributed by atoms with Crippen LogP contribution in [-0.2, 0) is 72.0 Å². The molecule has 0 amide bonds. The number of ether oxygens (including phenoxy) is 1. The molecule has 0 aromatic heterocycles. The molecule has 21 nitrogen and oxygen atoms in total. The number of hydrogen-bond donors (Lipinski definition) is 0. The molecular weight excluding hydrogens is 1620 g/mol. The minimum Gasteiger partial charge on any atom is -0.489 e. The second-order valence-electron chi connectivity index (χ2n) is 25.7. The molecule has 0 saturated carbocycles. The van der Waals surface area contributed by atoms with E-state index >= 15 is 0 Å². The Kier molecular flexibility index (Phi) is 26.0. The quantitative estimate of drug-likeness (QED) is 0.0969. The summed E-state index contributed by atoms with van der Waals surface area (Å²) in [4.78, 5) is 4.49. The highest BCUT2D eigenvalue weighted by molar-refractivity contribution is 8.02. The Bertz CT molecular complexity index is 5940. The average Bonchev–Trinajstić information content (AvgIpc) is 1.56. The molecular formula is C78H73Cl2N5O16S9. The molecule has 0 radical (unpaired) electrons. The normalized spacial score (nSPS) is 20.1. The van der Waals surface area contributed by atoms with Crippen LogP contribution >= 0.6 is 70.2 Å². The lowest BCUT2D eigenvalue weighted by Crippen LogP contribution is -2.34. The Morgan fingerprint density at radius 3 is 1.06 bits per heavy atom. The first-order valence-corrected chi connectivity index (χ1v) is 45.9. The first-order valence-electron chi connectivity index (χ1n) is 33.8. The van der Waals surface area contributed by atoms with Gasteiger partial charge >= 0.3 is 50.6 Å². The zero-order valence-corrected chi connectivity index (χ0v) is 69.7. The lowest BCUT2D eigenvalue weighted by Gasteiger charge is -2.29. The van der Waals surface area contributed by atoms with Crippen LogP contribution in [0.25, 0.3) is 21.5 Å². The maximum Gasteiger partial charge on any atom is 0.358 e. The van der Waals surface area contributed by atoms with Gasteiger partial charge in [-0.1, -0.05) is 182 Å². The number of benzene rings is 10. The van der Waals surface area contributed by atoms with E-state index in [-0.39, 0.29) is 47.7 Å². The fraction of sp³-hybridized carbons (Fsp3) is 0.218. The number of hydrogen-bond acceptors (Lipinski definition) is 25. The molecule has 15 rings (SSSR count). The summed E-state index contributed by atoms with van der Waals surface area (Å²) in [5, 5.41) is 25.1. The summed E-state index contributed by atoms with van der Waals surface area (Å²) >= 11 is 18.4. The minimum absolute atomic E-state index is 0.00307. The molecule has 0 bridgehead atoms. The van der Waals surface area contributed by atoms with Crippen LogP contribution in [0.15, 0.2) is 266 Å². The van der Waals surface area contributed by atoms with E-state index in [1.54, 1.807) is 108 Å². The number of rotatable bonds is 13. The van der Waals surface area contributed by atoms with E-state index in [0.717, 1.165) is 98.1 Å². The molecule has 5 aliphatic rings. The number of para-hydroxylation sites is 1. The van der Waals surface area contributed by atoms with Gasteiger partial charge in [0.1, 0.15) is 49.4 Å². The SMILES string of the molecule is CC1Sc2ccc(Cl)cc2/C1=N/OS(C)(=O)=O.CC1Sc2ccc3ccccc3c2/C1=N/OS(C)(=O)=O.Cc1ccc(S(=O)(=O)O/N=C2/c3c(ccc4ccccc34)SC2C)cc1.Cc1ccc(S(=O)(=O)O/N=C2/c3cc(Cl)ccc3SC2C)cc1.Cc1ccc(S(=O)(=O)O/N=C2/c3ccccc3OC(C)C2C)cc1. The molecule has 0 N–H and O–H groups in total. The smallest absolute Gasteiger partial charge is 0.358 e. The van der Waals surface area contributed by atoms with Gasteiger partial charge in [-0.2, -0.15) is 42.1 Å². The van der Waals surface area contributed by atoms with Crippen molar-refractivity contribution in [3.63, 3.8) is 0 Å². The largest absolute Gasteiger partial charge is 0.489 e. The molecule has 0 fully saturated rings. The van der Waals surface area contributed by atoms with Crippen molar-refractivity contribution in [3.05, 3.63) is 261 Å². The van der Waals surface area contributed by atoms with E-state index in [1.807, 2.05) is 153 Å². The molecule has 0 spiro atoms. The predicted octanol–water partition coefficient (Wildman–Crippen LogP) is 18.1. The summed E-state index contributed by atoms with van der Waals surface area (Å²) < 4.78 is 148. The van der Waals surface area contributed by atoms with Crippen LogP contribution in [0.2, 0.25) is 10.0 Å². The van der Waals surface area contributed by atoms with Crippen molar-refractivity contribution in [2.75, 3.05) is 12.5 Å². The van der Waals surface area contributed by atoms with Gasteiger partial charge in [0.15, 0.2) is 0 Å². The third-order valence-corrected chi connectivity index (χ3v) is 26.5. The van der Waals surface area contributed by atoms with Crippen LogP contribution < -0.4 is 4.74 Å². The number of nitrogens with zero attached hydrogens (tertiary/aromatic N) is 5. The van der Waals surface area contributed by atoms with E-state index in [1.165, 1.54) is 36.4 Å². The monoisotopic (exact) mass is 1690 g/mol. The van der Waals surface area contributed by atoms with Gasteiger partial charge in [-0.3, -0.25) is 21.4 Å². The number of halogens is 2. The molecule has 0 saturated heterocycles. The van der Waals surface area contributed by atoms with Crippen LogP contribution in [0.4, 0.5) is 0 Å². The van der Waals surface area contributed by atoms with Gasteiger partial charge < -0.3 is 4.74 Å². The van der Waals surface area contributed by atoms with Gasteiger partial charge in [-0.05, 0) is 174 Å². The van der Waals surface area contributed by atoms with Gasteiger partial charge in [0.2, 0.25) is 0 Å². The van der Waals surface area contributed by atoms with Crippen LogP contribution in [0.1, 0.15) is 86.1 Å². The molecule has 0 aliphatic carbocycles. The molecule has 32 heteroatoms. The summed E-state index contributed by atoms with van der Waals surface area (Å²) in [5.41, 5.74) is 10.3. The summed E-state index contributed by atoms with van der Waals surface area (Å²) in [5.74, 6) is 0.589. The van der Waals surface area contributed by atoms with E-state index < -0.39 is 50.6 Å². The molecule has 5 aliphatic heterocycles. The van der Waals surface area contributed by atoms with E-state index in [2.05, 4.69) is 52.5 Å². The van der Waals surface area contributed by atoms with Gasteiger partial charge in [-0.15, -0.1) is 47.0 Å². The van der Waals surface area contributed by atoms with E-state index in [0.29, 0.717) is 44.4 Å². The van der Waals surface area contributed by atoms with E-state index in [4.69, 9.17) is 40.8 Å². The van der Waals surface area contributed by atoms with Gasteiger partial charge in [0.25, 0.3) is 0 Å². The molecule has 10 aromatic carbocycles. The fourth-order valence-corrected chi connectivity index (χ4v) is 19.0. The number of oxime groups is 5. The third-order valence-electron chi connectivity index (χ3n) is 17.3. The molecule has 574 valence electrons. The van der Waals surface area contributed by atoms with Crippen molar-refractivity contribution < 1.29 is 68.2 Å². The van der Waals surface area contributed by atoms with Crippen molar-refractivity contribution in [2.24, 2.45) is 31.7 Å². The number of thioether (sulfide) groups is 4. The maximum atomic E-state index is 12.4. The maximum absolute atomic E-state index is 12.4. The Labute approximate surface area is 667 Å². The standard InChI is InChI=1S/C20H17NO3S2.C18H19NO4S.C16H14ClNO3S2.C14H13NO3S2.C10H10ClNO3S2/c1-13-7-10-16(11-8-13)26(22,23)24-21-20-14(2)25-18-12-9-15-5-3-4-6-17(15)19(18)20;1-12-8-10-15(11-9-12)24(20,21)23-19-18-13(2)14(3)22-17-7-5-4-6-16(17)18;1-10-3-6-13(7-4-10)23(19,20)21-18-16-11(2)22-15-8-5-12(17)9-14(15)16;1-9-14(15-18-20(2,16)17)13-11-6-4-3-5-10(11)7-8-12(13)19-9;1-6-10(12-15-17(2,13)14)8-5-7(11)3-4-9(8)16-6/h3-12,14H,1-2H3;4-11,13-14H,1-3H3;3-9,11H,1-2H3;3-9H,1-2H3;3-6H,1-2H3/b21-20+;19-18+;18-16+;15-14+;12-10+. The first-order chi connectivity index (χ1) is 52.0.